The molecule has 1 aliphatic heterocycles. The van der Waals surface area contributed by atoms with Crippen molar-refractivity contribution in [2.24, 2.45) is 7.05 Å². The molecule has 27 heavy (non-hydrogen) atoms. The zero-order valence-electron chi connectivity index (χ0n) is 15.7. The Kier molecular flexibility index (Phi) is 5.91. The van der Waals surface area contributed by atoms with Crippen LogP contribution in [0.4, 0.5) is 0 Å². The Morgan fingerprint density at radius 2 is 1.96 bits per heavy atom. The molecule has 9 heteroatoms. The van der Waals surface area contributed by atoms with E-state index in [4.69, 9.17) is 0 Å². The van der Waals surface area contributed by atoms with Crippen molar-refractivity contribution in [3.63, 3.8) is 0 Å². The van der Waals surface area contributed by atoms with Gasteiger partial charge < -0.3 is 5.32 Å². The van der Waals surface area contributed by atoms with Crippen LogP contribution in [0.25, 0.3) is 0 Å². The third-order valence-corrected chi connectivity index (χ3v) is 6.74. The van der Waals surface area contributed by atoms with Crippen LogP contribution in [0.1, 0.15) is 40.9 Å². The van der Waals surface area contributed by atoms with E-state index < -0.39 is 10.0 Å². The van der Waals surface area contributed by atoms with Gasteiger partial charge in [-0.3, -0.25) is 9.48 Å². The van der Waals surface area contributed by atoms with Gasteiger partial charge in [0.2, 0.25) is 10.0 Å². The second-order valence-electron chi connectivity index (χ2n) is 6.83. The highest BCUT2D eigenvalue weighted by Gasteiger charge is 2.28. The van der Waals surface area contributed by atoms with Gasteiger partial charge in [0, 0.05) is 44.9 Å². The largest absolute Gasteiger partial charge is 0.352 e. The van der Waals surface area contributed by atoms with Crippen molar-refractivity contribution in [3.8, 4) is 0 Å². The summed E-state index contributed by atoms with van der Waals surface area (Å²) in [5, 5.41) is 10.6. The van der Waals surface area contributed by atoms with Crippen LogP contribution in [-0.4, -0.2) is 53.3 Å². The average Bonchev–Trinajstić information content (AvgIpc) is 3.07. The summed E-state index contributed by atoms with van der Waals surface area (Å²) >= 11 is 0. The molecule has 1 aliphatic rings. The molecule has 8 nitrogen and oxygen atoms in total. The van der Waals surface area contributed by atoms with E-state index in [2.05, 4.69) is 15.6 Å². The van der Waals surface area contributed by atoms with Crippen molar-refractivity contribution in [1.82, 2.24) is 24.6 Å². The third kappa shape index (κ3) is 4.54. The lowest BCUT2D eigenvalue weighted by atomic mass is 10.1. The predicted octanol–water partition coefficient (Wildman–Crippen LogP) is 1.27. The number of amides is 1. The molecule has 1 aromatic carbocycles. The minimum Gasteiger partial charge on any atom is -0.352 e. The van der Waals surface area contributed by atoms with Crippen LogP contribution in [0.2, 0.25) is 0 Å². The molecule has 0 spiro atoms. The van der Waals surface area contributed by atoms with Gasteiger partial charge in [-0.2, -0.15) is 4.31 Å². The zero-order valence-corrected chi connectivity index (χ0v) is 16.5. The number of piperidine rings is 1. The first-order chi connectivity index (χ1) is 12.9. The standard InChI is InChI=1S/C18H25N5O3S/c1-14-6-7-15(18(24)19-9-8-16-13-22(2)21-20-16)12-17(14)27(25,26)23-10-4-3-5-11-23/h6-7,12-13H,3-5,8-11H2,1-2H3,(H,19,24). The van der Waals surface area contributed by atoms with Gasteiger partial charge in [-0.25, -0.2) is 8.42 Å². The number of hydrogen-bond acceptors (Lipinski definition) is 5. The molecule has 3 rings (SSSR count). The van der Waals surface area contributed by atoms with Crippen LogP contribution in [0.15, 0.2) is 29.3 Å². The normalized spacial score (nSPS) is 15.6. The lowest BCUT2D eigenvalue weighted by Crippen LogP contribution is -2.36. The molecular formula is C18H25N5O3S. The summed E-state index contributed by atoms with van der Waals surface area (Å²) in [4.78, 5) is 12.7. The van der Waals surface area contributed by atoms with Gasteiger partial charge in [-0.15, -0.1) is 5.10 Å². The second kappa shape index (κ2) is 8.18. The van der Waals surface area contributed by atoms with Gasteiger partial charge in [0.15, 0.2) is 0 Å². The molecule has 0 atom stereocenters. The summed E-state index contributed by atoms with van der Waals surface area (Å²) in [6, 6.07) is 4.83. The molecule has 1 amide bonds. The number of sulfonamides is 1. The Morgan fingerprint density at radius 1 is 1.22 bits per heavy atom. The van der Waals surface area contributed by atoms with E-state index in [1.165, 1.54) is 10.4 Å². The lowest BCUT2D eigenvalue weighted by Gasteiger charge is -2.26. The molecule has 2 aromatic rings. The third-order valence-electron chi connectivity index (χ3n) is 4.70. The molecule has 1 N–H and O–H groups in total. The highest BCUT2D eigenvalue weighted by Crippen LogP contribution is 2.24. The fraction of sp³-hybridized carbons (Fsp3) is 0.500. The highest BCUT2D eigenvalue weighted by atomic mass is 32.2. The van der Waals surface area contributed by atoms with Crippen LogP contribution < -0.4 is 5.32 Å². The van der Waals surface area contributed by atoms with Crippen LogP contribution in [0.3, 0.4) is 0 Å². The number of carbonyl (C=O) groups excluding carboxylic acids is 1. The predicted molar refractivity (Wildman–Crippen MR) is 101 cm³/mol. The van der Waals surface area contributed by atoms with Gasteiger partial charge in [0.25, 0.3) is 5.91 Å². The molecule has 1 saturated heterocycles. The second-order valence-corrected chi connectivity index (χ2v) is 8.74. The Hall–Kier alpha value is -2.26. The Morgan fingerprint density at radius 3 is 2.63 bits per heavy atom. The number of benzene rings is 1. The zero-order chi connectivity index (χ0) is 19.4. The molecule has 2 heterocycles. The molecule has 146 valence electrons. The molecule has 1 aromatic heterocycles. The van der Waals surface area contributed by atoms with E-state index >= 15 is 0 Å². The Labute approximate surface area is 159 Å². The summed E-state index contributed by atoms with van der Waals surface area (Å²) in [6.07, 6.45) is 5.16. The highest BCUT2D eigenvalue weighted by molar-refractivity contribution is 7.89. The molecule has 1 fully saturated rings. The van der Waals surface area contributed by atoms with Crippen molar-refractivity contribution >= 4 is 15.9 Å². The summed E-state index contributed by atoms with van der Waals surface area (Å²) in [5.74, 6) is -0.297. The number of aromatic nitrogens is 3. The number of nitrogens with zero attached hydrogens (tertiary/aromatic N) is 4. The van der Waals surface area contributed by atoms with E-state index in [0.29, 0.717) is 37.2 Å². The van der Waals surface area contributed by atoms with Gasteiger partial charge in [0.05, 0.1) is 10.6 Å². The molecule has 0 aliphatic carbocycles. The maximum absolute atomic E-state index is 13.0. The number of hydrogen-bond donors (Lipinski definition) is 1. The van der Waals surface area contributed by atoms with E-state index in [0.717, 1.165) is 25.0 Å². The monoisotopic (exact) mass is 391 g/mol. The summed E-state index contributed by atoms with van der Waals surface area (Å²) in [5.41, 5.74) is 1.78. The molecule has 0 radical (unpaired) electrons. The van der Waals surface area contributed by atoms with Crippen molar-refractivity contribution in [2.75, 3.05) is 19.6 Å². The van der Waals surface area contributed by atoms with Gasteiger partial charge in [-0.05, 0) is 37.5 Å². The van der Waals surface area contributed by atoms with E-state index in [-0.39, 0.29) is 10.8 Å². The van der Waals surface area contributed by atoms with Crippen molar-refractivity contribution in [3.05, 3.63) is 41.2 Å². The summed E-state index contributed by atoms with van der Waals surface area (Å²) in [7, 11) is -1.79. The number of carbonyl (C=O) groups is 1. The van der Waals surface area contributed by atoms with Crippen LogP contribution in [-0.2, 0) is 23.5 Å². The first kappa shape index (κ1) is 19.5. The van der Waals surface area contributed by atoms with Crippen LogP contribution in [0.5, 0.6) is 0 Å². The van der Waals surface area contributed by atoms with Crippen LogP contribution >= 0.6 is 0 Å². The molecular weight excluding hydrogens is 366 g/mol. The maximum atomic E-state index is 13.0. The van der Waals surface area contributed by atoms with E-state index in [9.17, 15) is 13.2 Å². The molecule has 0 bridgehead atoms. The van der Waals surface area contributed by atoms with Gasteiger partial charge >= 0.3 is 0 Å². The quantitative estimate of drug-likeness (QED) is 0.800. The first-order valence-corrected chi connectivity index (χ1v) is 10.6. The lowest BCUT2D eigenvalue weighted by molar-refractivity contribution is 0.0954. The van der Waals surface area contributed by atoms with Gasteiger partial charge in [0.1, 0.15) is 0 Å². The average molecular weight is 391 g/mol. The Bertz CT molecular complexity index is 917. The fourth-order valence-corrected chi connectivity index (χ4v) is 4.95. The first-order valence-electron chi connectivity index (χ1n) is 9.12. The van der Waals surface area contributed by atoms with Crippen molar-refractivity contribution in [1.29, 1.82) is 0 Å². The SMILES string of the molecule is Cc1ccc(C(=O)NCCc2cn(C)nn2)cc1S(=O)(=O)N1CCCCC1. The topological polar surface area (TPSA) is 97.2 Å². The van der Waals surface area contributed by atoms with E-state index in [1.807, 2.05) is 0 Å². The Balaban J connectivity index is 1.71. The number of rotatable bonds is 6. The van der Waals surface area contributed by atoms with E-state index in [1.54, 1.807) is 37.0 Å². The van der Waals surface area contributed by atoms with Crippen molar-refractivity contribution < 1.29 is 13.2 Å². The summed E-state index contributed by atoms with van der Waals surface area (Å²) in [6.45, 7) is 3.23. The minimum absolute atomic E-state index is 0.214. The smallest absolute Gasteiger partial charge is 0.251 e. The molecule has 0 saturated carbocycles. The van der Waals surface area contributed by atoms with Gasteiger partial charge in [-0.1, -0.05) is 17.7 Å². The van der Waals surface area contributed by atoms with Crippen LogP contribution in [0, 0.1) is 6.92 Å². The van der Waals surface area contributed by atoms with Crippen molar-refractivity contribution in [2.45, 2.75) is 37.5 Å². The maximum Gasteiger partial charge on any atom is 0.251 e. The minimum atomic E-state index is -3.58. The summed E-state index contributed by atoms with van der Waals surface area (Å²) < 4.78 is 29.1. The number of aryl methyl sites for hydroxylation is 2. The fourth-order valence-electron chi connectivity index (χ4n) is 3.18. The molecule has 0 unspecified atom stereocenters. The number of nitrogens with one attached hydrogen (secondary N) is 1.